The van der Waals surface area contributed by atoms with Gasteiger partial charge in [0.05, 0.1) is 0 Å². The fourth-order valence-electron chi connectivity index (χ4n) is 5.13. The van der Waals surface area contributed by atoms with Crippen LogP contribution in [-0.4, -0.2) is 39.0 Å². The first-order valence-corrected chi connectivity index (χ1v) is 13.9. The summed E-state index contributed by atoms with van der Waals surface area (Å²) in [5, 5.41) is 0. The van der Waals surface area contributed by atoms with Gasteiger partial charge in [0.25, 0.3) is 8.05 Å². The van der Waals surface area contributed by atoms with E-state index in [2.05, 4.69) is 4.10 Å². The van der Waals surface area contributed by atoms with Crippen LogP contribution < -0.4 is 0 Å². The first-order chi connectivity index (χ1) is 13.3. The van der Waals surface area contributed by atoms with Crippen LogP contribution in [0, 0.1) is 0 Å². The fourth-order valence-corrected chi connectivity index (χ4v) is 9.99. The van der Waals surface area contributed by atoms with Crippen LogP contribution in [0.2, 0.25) is 0 Å². The molecule has 3 rings (SSSR count). The molecule has 3 nitrogen and oxygen atoms in total. The average molecular weight is 442 g/mol. The van der Waals surface area contributed by atoms with Crippen molar-refractivity contribution in [2.24, 2.45) is 0 Å². The van der Waals surface area contributed by atoms with E-state index >= 15 is 0 Å². The molecule has 28 heavy (non-hydrogen) atoms. The van der Waals surface area contributed by atoms with Crippen molar-refractivity contribution in [1.82, 2.24) is 0 Å². The van der Waals surface area contributed by atoms with E-state index in [0.717, 1.165) is 0 Å². The van der Waals surface area contributed by atoms with Crippen molar-refractivity contribution in [3.05, 3.63) is 0 Å². The lowest BCUT2D eigenvalue weighted by Gasteiger charge is -2.44. The quantitative estimate of drug-likeness (QED) is 0.311. The Kier molecular flexibility index (Phi) is 10.1. The maximum Gasteiger partial charge on any atom is 0.521 e. The van der Waals surface area contributed by atoms with Gasteiger partial charge in [0.1, 0.15) is 0 Å². The lowest BCUT2D eigenvalue weighted by atomic mass is 9.99. The van der Waals surface area contributed by atoms with E-state index in [1.807, 2.05) is 0 Å². The highest BCUT2D eigenvalue weighted by atomic mass is 32.2. The highest BCUT2D eigenvalue weighted by Gasteiger charge is 2.45. The molecule has 3 aliphatic rings. The summed E-state index contributed by atoms with van der Waals surface area (Å²) in [6.07, 6.45) is 23.6. The molecule has 0 unspecified atom stereocenters. The highest BCUT2D eigenvalue weighted by Crippen LogP contribution is 2.61. The third kappa shape index (κ3) is 7.16. The Morgan fingerprint density at radius 3 is 1.14 bits per heavy atom. The lowest BCUT2D eigenvalue weighted by Crippen LogP contribution is -2.28. The first kappa shape index (κ1) is 24.5. The Hall–Kier alpha value is 0.195. The van der Waals surface area contributed by atoms with Crippen LogP contribution in [-0.2, 0) is 14.2 Å². The predicted molar refractivity (Wildman–Crippen MR) is 112 cm³/mol. The van der Waals surface area contributed by atoms with E-state index < -0.39 is 15.6 Å². The summed E-state index contributed by atoms with van der Waals surface area (Å²) in [6, 6.07) is 0. The van der Waals surface area contributed by atoms with Crippen molar-refractivity contribution in [3.8, 4) is 0 Å². The lowest BCUT2D eigenvalue weighted by molar-refractivity contribution is -0.0497. The molecule has 9 heteroatoms. The third-order valence-electron chi connectivity index (χ3n) is 6.49. The van der Waals surface area contributed by atoms with Crippen molar-refractivity contribution in [1.29, 1.82) is 0 Å². The van der Waals surface area contributed by atoms with Gasteiger partial charge < -0.3 is 4.10 Å². The Morgan fingerprint density at radius 2 is 0.964 bits per heavy atom. The molecule has 3 fully saturated rings. The molecule has 3 saturated carbocycles. The standard InChI is InChI=1S/C18H33P.CH2BF3O3S/c1-4-10-16(11-5-1)19(17-12-6-2-7-13-17)18-14-8-3-9-15-18;2-8-9(6,7)1(3,4)5/h16-18H,1-15H2;2H2. The molecule has 3 aliphatic carbocycles. The zero-order valence-corrected chi connectivity index (χ0v) is 18.8. The molecule has 0 saturated heterocycles. The maximum absolute atomic E-state index is 11.1. The van der Waals surface area contributed by atoms with E-state index in [9.17, 15) is 21.6 Å². The number of rotatable bonds is 4. The number of hydrogen-bond acceptors (Lipinski definition) is 3. The van der Waals surface area contributed by atoms with Gasteiger partial charge in [-0.2, -0.15) is 21.6 Å². The van der Waals surface area contributed by atoms with Gasteiger partial charge in [-0.25, -0.2) is 0 Å². The van der Waals surface area contributed by atoms with E-state index in [-0.39, 0.29) is 0 Å². The van der Waals surface area contributed by atoms with Crippen LogP contribution in [0.4, 0.5) is 13.2 Å². The van der Waals surface area contributed by atoms with Crippen molar-refractivity contribution < 1.29 is 25.7 Å². The predicted octanol–water partition coefficient (Wildman–Crippen LogP) is 5.87. The molecule has 0 spiro atoms. The van der Waals surface area contributed by atoms with Gasteiger partial charge in [0.2, 0.25) is 0 Å². The fraction of sp³-hybridized carbons (Fsp3) is 1.00. The normalized spacial score (nSPS) is 24.0. The van der Waals surface area contributed by atoms with Gasteiger partial charge in [0, 0.05) is 0 Å². The van der Waals surface area contributed by atoms with E-state index in [1.165, 1.54) is 36.2 Å². The van der Waals surface area contributed by atoms with E-state index in [4.69, 9.17) is 0 Å². The molecule has 0 aromatic rings. The molecule has 0 amide bonds. The Labute approximate surface area is 170 Å². The van der Waals surface area contributed by atoms with Crippen LogP contribution in [0.5, 0.6) is 0 Å². The summed E-state index contributed by atoms with van der Waals surface area (Å²) in [7, 11) is -4.50. The molecule has 0 atom stereocenters. The average Bonchev–Trinajstić information content (AvgIpc) is 2.70. The first-order valence-electron chi connectivity index (χ1n) is 10.9. The Morgan fingerprint density at radius 1 is 0.679 bits per heavy atom. The summed E-state index contributed by atoms with van der Waals surface area (Å²) < 4.78 is 55.9. The molecule has 0 bridgehead atoms. The monoisotopic (exact) mass is 442 g/mol. The number of halogens is 3. The van der Waals surface area contributed by atoms with Crippen molar-refractivity contribution in [2.75, 3.05) is 0 Å². The van der Waals surface area contributed by atoms with Gasteiger partial charge >= 0.3 is 15.6 Å². The third-order valence-corrected chi connectivity index (χ3v) is 11.6. The smallest absolute Gasteiger partial charge is 0.337 e. The largest absolute Gasteiger partial charge is 0.521 e. The Balaban J connectivity index is 0.000000266. The second kappa shape index (κ2) is 11.5. The van der Waals surface area contributed by atoms with Gasteiger partial charge in [-0.05, 0) is 55.5 Å². The molecule has 0 aromatic heterocycles. The zero-order chi connectivity index (χ0) is 20.6. The Bertz CT molecular complexity index is 498. The summed E-state index contributed by atoms with van der Waals surface area (Å²) >= 11 is 0. The molecule has 0 heterocycles. The zero-order valence-electron chi connectivity index (χ0n) is 17.1. The molecule has 0 N–H and O–H groups in total. The van der Waals surface area contributed by atoms with Crippen LogP contribution in [0.3, 0.4) is 0 Å². The van der Waals surface area contributed by atoms with Crippen LogP contribution in [0.15, 0.2) is 0 Å². The molecule has 0 aliphatic heterocycles. The maximum atomic E-state index is 11.1. The minimum absolute atomic E-state index is 0.385. The molecule has 0 radical (unpaired) electrons. The van der Waals surface area contributed by atoms with E-state index in [0.29, 0.717) is 16.0 Å². The molecule has 0 aromatic carbocycles. The van der Waals surface area contributed by atoms with Gasteiger partial charge in [-0.1, -0.05) is 65.7 Å². The molecular formula is C19H35BF3O3PS. The van der Waals surface area contributed by atoms with Crippen LogP contribution in [0.1, 0.15) is 96.3 Å². The SMILES string of the molecule is BOS(=O)(=O)C(F)(F)F.C1CCC(P(C2CCCCC2)C2CCCCC2)CC1. The van der Waals surface area contributed by atoms with Crippen LogP contribution in [0.25, 0.3) is 0 Å². The summed E-state index contributed by atoms with van der Waals surface area (Å²) in [5.41, 5.74) is -1.73. The summed E-state index contributed by atoms with van der Waals surface area (Å²) in [6.45, 7) is 0. The van der Waals surface area contributed by atoms with Crippen molar-refractivity contribution in [3.63, 3.8) is 0 Å². The van der Waals surface area contributed by atoms with Crippen molar-refractivity contribution in [2.45, 2.75) is 119 Å². The number of hydrogen-bond donors (Lipinski definition) is 0. The summed E-state index contributed by atoms with van der Waals surface area (Å²) in [4.78, 5) is 0. The van der Waals surface area contributed by atoms with Gasteiger partial charge in [0.15, 0.2) is 0 Å². The van der Waals surface area contributed by atoms with E-state index in [1.54, 1.807) is 77.0 Å². The van der Waals surface area contributed by atoms with Crippen molar-refractivity contribution >= 4 is 26.1 Å². The summed E-state index contributed by atoms with van der Waals surface area (Å²) in [5.74, 6) is 0. The molecular weight excluding hydrogens is 407 g/mol. The minimum atomic E-state index is -5.34. The second-order valence-corrected chi connectivity index (χ2v) is 13.2. The molecule has 164 valence electrons. The topological polar surface area (TPSA) is 43.4 Å². The van der Waals surface area contributed by atoms with Crippen LogP contribution >= 0.6 is 7.92 Å². The minimum Gasteiger partial charge on any atom is -0.337 e. The van der Waals surface area contributed by atoms with Gasteiger partial charge in [-0.3, -0.25) is 0 Å². The number of alkyl halides is 3. The second-order valence-electron chi connectivity index (χ2n) is 8.39. The van der Waals surface area contributed by atoms with Gasteiger partial charge in [-0.15, -0.1) is 0 Å². The highest BCUT2D eigenvalue weighted by molar-refractivity contribution is 7.88.